The molecule has 8 N–H and O–H groups in total. The zero-order chi connectivity index (χ0) is 27.3. The van der Waals surface area contributed by atoms with E-state index in [1.54, 1.807) is 6.92 Å². The first-order valence-electron chi connectivity index (χ1n) is 13.1. The van der Waals surface area contributed by atoms with Gasteiger partial charge in [-0.05, 0) is 76.4 Å². The van der Waals surface area contributed by atoms with Crippen molar-refractivity contribution in [3.05, 3.63) is 11.6 Å². The molecule has 0 radical (unpaired) electrons. The Kier molecular flexibility index (Phi) is 6.47. The molecule has 0 heterocycles. The number of carbonyl (C=O) groups excluding carboxylic acids is 1. The Bertz CT molecular complexity index is 940. The molecule has 4 aliphatic rings. The van der Waals surface area contributed by atoms with Crippen LogP contribution in [0.4, 0.5) is 0 Å². The molecule has 0 aliphatic heterocycles. The van der Waals surface area contributed by atoms with Crippen molar-refractivity contribution in [3.63, 3.8) is 0 Å². The van der Waals surface area contributed by atoms with Gasteiger partial charge in [-0.2, -0.15) is 0 Å². The number of aliphatic hydroxyl groups is 8. The van der Waals surface area contributed by atoms with Crippen LogP contribution in [0.5, 0.6) is 0 Å². The average molecular weight is 513 g/mol. The van der Waals surface area contributed by atoms with E-state index in [0.29, 0.717) is 24.8 Å². The maximum Gasteiger partial charge on any atom is 0.187 e. The van der Waals surface area contributed by atoms with Gasteiger partial charge in [0, 0.05) is 23.7 Å². The van der Waals surface area contributed by atoms with E-state index in [1.165, 1.54) is 26.8 Å². The van der Waals surface area contributed by atoms with Crippen LogP contribution in [0.25, 0.3) is 0 Å². The summed E-state index contributed by atoms with van der Waals surface area (Å²) >= 11 is 0. The highest BCUT2D eigenvalue weighted by atomic mass is 16.4. The number of hydrogen-bond acceptors (Lipinski definition) is 9. The Balaban J connectivity index is 1.70. The highest BCUT2D eigenvalue weighted by Crippen LogP contribution is 2.69. The molecule has 0 aromatic heterocycles. The molecule has 206 valence electrons. The highest BCUT2D eigenvalue weighted by molar-refractivity contribution is 6.00. The lowest BCUT2D eigenvalue weighted by molar-refractivity contribution is -0.212. The van der Waals surface area contributed by atoms with Crippen LogP contribution in [0.2, 0.25) is 0 Å². The normalized spacial score (nSPS) is 48.2. The van der Waals surface area contributed by atoms with E-state index >= 15 is 0 Å². The summed E-state index contributed by atoms with van der Waals surface area (Å²) in [4.78, 5) is 13.3. The lowest BCUT2D eigenvalue weighted by Gasteiger charge is -2.62. The Labute approximate surface area is 212 Å². The molecule has 0 amide bonds. The predicted molar refractivity (Wildman–Crippen MR) is 129 cm³/mol. The monoisotopic (exact) mass is 512 g/mol. The SMILES string of the molecule is CC(C)(O)[C@@H](O)C[C@@H](O)[C@](C)(O)[C@H]1CC[C@@]2(O)C3=CC(=O)[C@]4(O)C[C@@H](O)[C@@H](O)C[C@]4(C)C3CC[C@]12C. The molecule has 9 heteroatoms. The van der Waals surface area contributed by atoms with Gasteiger partial charge in [-0.3, -0.25) is 4.79 Å². The molecule has 0 spiro atoms. The highest BCUT2D eigenvalue weighted by Gasteiger charge is 2.71. The number of aliphatic hydroxyl groups excluding tert-OH is 4. The van der Waals surface area contributed by atoms with Crippen LogP contribution < -0.4 is 0 Å². The van der Waals surface area contributed by atoms with Crippen molar-refractivity contribution in [2.75, 3.05) is 0 Å². The lowest BCUT2D eigenvalue weighted by atomic mass is 9.44. The van der Waals surface area contributed by atoms with Crippen molar-refractivity contribution in [2.45, 2.75) is 126 Å². The quantitative estimate of drug-likeness (QED) is 0.250. The number of fused-ring (bicyclic) bond motifs is 5. The zero-order valence-electron chi connectivity index (χ0n) is 22.0. The third-order valence-corrected chi connectivity index (χ3v) is 10.9. The lowest BCUT2D eigenvalue weighted by Crippen LogP contribution is -2.69. The van der Waals surface area contributed by atoms with Crippen LogP contribution in [-0.4, -0.2) is 93.5 Å². The first kappa shape index (κ1) is 28.1. The van der Waals surface area contributed by atoms with Crippen LogP contribution >= 0.6 is 0 Å². The van der Waals surface area contributed by atoms with E-state index in [9.17, 15) is 45.6 Å². The second-order valence-electron chi connectivity index (χ2n) is 13.4. The molecular formula is C27H44O9. The summed E-state index contributed by atoms with van der Waals surface area (Å²) in [7, 11) is 0. The van der Waals surface area contributed by atoms with E-state index in [0.717, 1.165) is 0 Å². The van der Waals surface area contributed by atoms with Gasteiger partial charge in [0.15, 0.2) is 5.78 Å². The molecule has 1 unspecified atom stereocenters. The molecule has 4 aliphatic carbocycles. The van der Waals surface area contributed by atoms with E-state index in [2.05, 4.69) is 0 Å². The fourth-order valence-electron chi connectivity index (χ4n) is 8.26. The number of hydrogen-bond donors (Lipinski definition) is 8. The average Bonchev–Trinajstić information content (AvgIpc) is 3.03. The van der Waals surface area contributed by atoms with Gasteiger partial charge in [-0.1, -0.05) is 13.8 Å². The summed E-state index contributed by atoms with van der Waals surface area (Å²) in [6.07, 6.45) is -2.64. The van der Waals surface area contributed by atoms with Crippen LogP contribution in [0, 0.1) is 22.7 Å². The molecule has 4 rings (SSSR count). The topological polar surface area (TPSA) is 179 Å². The first-order valence-corrected chi connectivity index (χ1v) is 13.1. The van der Waals surface area contributed by atoms with Crippen molar-refractivity contribution < 1.29 is 45.6 Å². The van der Waals surface area contributed by atoms with Crippen molar-refractivity contribution in [1.29, 1.82) is 0 Å². The van der Waals surface area contributed by atoms with Gasteiger partial charge in [-0.25, -0.2) is 0 Å². The van der Waals surface area contributed by atoms with Crippen LogP contribution in [-0.2, 0) is 4.79 Å². The minimum atomic E-state index is -1.85. The molecule has 9 nitrogen and oxygen atoms in total. The van der Waals surface area contributed by atoms with Gasteiger partial charge in [0.25, 0.3) is 0 Å². The van der Waals surface area contributed by atoms with Gasteiger partial charge in [0.05, 0.1) is 41.2 Å². The molecule has 0 aromatic rings. The molecule has 3 saturated carbocycles. The van der Waals surface area contributed by atoms with Crippen molar-refractivity contribution in [2.24, 2.45) is 22.7 Å². The summed E-state index contributed by atoms with van der Waals surface area (Å²) in [5.74, 6) is -1.59. The Morgan fingerprint density at radius 2 is 1.50 bits per heavy atom. The third-order valence-electron chi connectivity index (χ3n) is 10.9. The smallest absolute Gasteiger partial charge is 0.187 e. The van der Waals surface area contributed by atoms with Gasteiger partial charge in [-0.15, -0.1) is 0 Å². The molecule has 11 atom stereocenters. The minimum absolute atomic E-state index is 0.0138. The summed E-state index contributed by atoms with van der Waals surface area (Å²) in [6, 6.07) is 0. The largest absolute Gasteiger partial charge is 0.390 e. The summed E-state index contributed by atoms with van der Waals surface area (Å²) in [6.45, 7) is 7.93. The van der Waals surface area contributed by atoms with E-state index in [-0.39, 0.29) is 25.7 Å². The van der Waals surface area contributed by atoms with Crippen molar-refractivity contribution >= 4 is 5.78 Å². The van der Waals surface area contributed by atoms with E-state index in [1.807, 2.05) is 6.92 Å². The van der Waals surface area contributed by atoms with Crippen LogP contribution in [0.3, 0.4) is 0 Å². The summed E-state index contributed by atoms with van der Waals surface area (Å²) < 4.78 is 0. The van der Waals surface area contributed by atoms with Gasteiger partial charge in [0.1, 0.15) is 5.60 Å². The second-order valence-corrected chi connectivity index (χ2v) is 13.4. The molecule has 0 saturated heterocycles. The van der Waals surface area contributed by atoms with Crippen molar-refractivity contribution in [1.82, 2.24) is 0 Å². The maximum absolute atomic E-state index is 13.3. The zero-order valence-corrected chi connectivity index (χ0v) is 22.0. The van der Waals surface area contributed by atoms with Crippen LogP contribution in [0.1, 0.15) is 79.6 Å². The maximum atomic E-state index is 13.3. The van der Waals surface area contributed by atoms with E-state index < -0.39 is 75.3 Å². The van der Waals surface area contributed by atoms with E-state index in [4.69, 9.17) is 0 Å². The summed E-state index contributed by atoms with van der Waals surface area (Å²) in [5.41, 5.74) is -8.02. The Morgan fingerprint density at radius 1 is 0.917 bits per heavy atom. The molecular weight excluding hydrogens is 468 g/mol. The standard InChI is InChI=1S/C27H44O9/c1-22(2,33)19(30)11-20(31)25(5,34)18-7-9-26(35)15-10-21(32)27(36)13-17(29)16(28)12-24(27,4)14(15)6-8-23(18,26)3/h10,14,16-20,28-31,33-36H,6-9,11-13H2,1-5H3/t14?,16-,17+,18-,19-,20+,23+,24+,25+,26+,27+/m0/s1. The Morgan fingerprint density at radius 3 is 2.08 bits per heavy atom. The minimum Gasteiger partial charge on any atom is -0.390 e. The molecule has 0 aromatic carbocycles. The van der Waals surface area contributed by atoms with Gasteiger partial charge < -0.3 is 40.9 Å². The Hall–Kier alpha value is -0.910. The van der Waals surface area contributed by atoms with Crippen molar-refractivity contribution in [3.8, 4) is 0 Å². The van der Waals surface area contributed by atoms with Gasteiger partial charge in [0.2, 0.25) is 0 Å². The fraction of sp³-hybridized carbons (Fsp3) is 0.889. The number of rotatable bonds is 5. The third kappa shape index (κ3) is 3.61. The first-order chi connectivity index (χ1) is 16.3. The number of ketones is 1. The molecule has 0 bridgehead atoms. The predicted octanol–water partition coefficient (Wildman–Crippen LogP) is -0.0603. The molecule has 3 fully saturated rings. The number of carbonyl (C=O) groups is 1. The summed E-state index contributed by atoms with van der Waals surface area (Å²) in [5, 5.41) is 87.3. The fourth-order valence-corrected chi connectivity index (χ4v) is 8.26. The van der Waals surface area contributed by atoms with Crippen LogP contribution in [0.15, 0.2) is 11.6 Å². The van der Waals surface area contributed by atoms with Gasteiger partial charge >= 0.3 is 0 Å². The second kappa shape index (κ2) is 8.29. The molecule has 36 heavy (non-hydrogen) atoms.